The second-order valence-corrected chi connectivity index (χ2v) is 4.08. The first kappa shape index (κ1) is 9.52. The third-order valence-corrected chi connectivity index (χ3v) is 3.36. The highest BCUT2D eigenvalue weighted by Gasteiger charge is 2.24. The largest absolute Gasteiger partial charge is 0.273 e. The Morgan fingerprint density at radius 2 is 2.07 bits per heavy atom. The molecule has 0 bridgehead atoms. The van der Waals surface area contributed by atoms with Crippen molar-refractivity contribution in [1.82, 2.24) is 0 Å². The number of hydrogen-bond donors (Lipinski definition) is 1. The molecule has 0 heterocycles. The van der Waals surface area contributed by atoms with E-state index in [4.69, 9.17) is 0 Å². The summed E-state index contributed by atoms with van der Waals surface area (Å²) in [5, 5.41) is 10.8. The SMILES string of the molecule is Cc1cc([N+](=O)[O-])c2c(c1S)CCC2. The summed E-state index contributed by atoms with van der Waals surface area (Å²) in [6.45, 7) is 1.87. The summed E-state index contributed by atoms with van der Waals surface area (Å²) in [4.78, 5) is 11.5. The Balaban J connectivity index is 2.70. The minimum Gasteiger partial charge on any atom is -0.258 e. The molecular weight excluding hydrogens is 198 g/mol. The van der Waals surface area contributed by atoms with Gasteiger partial charge in [-0.3, -0.25) is 10.1 Å². The molecule has 0 amide bonds. The molecule has 0 atom stereocenters. The summed E-state index contributed by atoms with van der Waals surface area (Å²) in [7, 11) is 0. The Kier molecular flexibility index (Phi) is 2.23. The van der Waals surface area contributed by atoms with Crippen LogP contribution in [0.15, 0.2) is 11.0 Å². The molecule has 0 spiro atoms. The lowest BCUT2D eigenvalue weighted by Crippen LogP contribution is -1.97. The van der Waals surface area contributed by atoms with Gasteiger partial charge in [0, 0.05) is 16.5 Å². The average Bonchev–Trinajstić information content (AvgIpc) is 2.59. The molecule has 0 fully saturated rings. The quantitative estimate of drug-likeness (QED) is 0.439. The Hall–Kier alpha value is -1.03. The molecule has 0 aromatic heterocycles. The number of aryl methyl sites for hydroxylation is 1. The lowest BCUT2D eigenvalue weighted by molar-refractivity contribution is -0.385. The number of nitrogens with zero attached hydrogens (tertiary/aromatic N) is 1. The van der Waals surface area contributed by atoms with Gasteiger partial charge in [0.05, 0.1) is 4.92 Å². The van der Waals surface area contributed by atoms with Crippen LogP contribution in [0.4, 0.5) is 5.69 Å². The van der Waals surface area contributed by atoms with E-state index >= 15 is 0 Å². The standard InChI is InChI=1S/C10H11NO2S/c1-6-5-9(11(12)13)7-3-2-4-8(7)10(6)14/h5,14H,2-4H2,1H3. The van der Waals surface area contributed by atoms with Gasteiger partial charge in [0.1, 0.15) is 0 Å². The first-order valence-corrected chi connectivity index (χ1v) is 5.04. The fraction of sp³-hybridized carbons (Fsp3) is 0.400. The van der Waals surface area contributed by atoms with E-state index in [0.717, 1.165) is 40.8 Å². The minimum atomic E-state index is -0.287. The third-order valence-electron chi connectivity index (χ3n) is 2.74. The molecule has 0 aliphatic heterocycles. The Morgan fingerprint density at radius 3 is 2.71 bits per heavy atom. The van der Waals surface area contributed by atoms with Gasteiger partial charge >= 0.3 is 0 Å². The van der Waals surface area contributed by atoms with Crippen LogP contribution in [-0.4, -0.2) is 4.92 Å². The van der Waals surface area contributed by atoms with Crippen molar-refractivity contribution in [1.29, 1.82) is 0 Å². The van der Waals surface area contributed by atoms with Gasteiger partial charge in [-0.05, 0) is 37.3 Å². The Morgan fingerprint density at radius 1 is 1.43 bits per heavy atom. The lowest BCUT2D eigenvalue weighted by Gasteiger charge is -2.07. The first-order valence-electron chi connectivity index (χ1n) is 4.60. The average molecular weight is 209 g/mol. The van der Waals surface area contributed by atoms with Gasteiger partial charge in [0.2, 0.25) is 0 Å². The maximum absolute atomic E-state index is 10.8. The molecule has 1 aliphatic rings. The number of fused-ring (bicyclic) bond motifs is 1. The summed E-state index contributed by atoms with van der Waals surface area (Å²) in [5.41, 5.74) is 3.15. The summed E-state index contributed by atoms with van der Waals surface area (Å²) in [6, 6.07) is 1.63. The molecule has 0 radical (unpaired) electrons. The van der Waals surface area contributed by atoms with Crippen molar-refractivity contribution in [3.63, 3.8) is 0 Å². The molecule has 0 saturated carbocycles. The highest BCUT2D eigenvalue weighted by molar-refractivity contribution is 7.80. The molecule has 74 valence electrons. The summed E-state index contributed by atoms with van der Waals surface area (Å²) >= 11 is 4.39. The maximum Gasteiger partial charge on any atom is 0.273 e. The number of nitro benzene ring substituents is 1. The highest BCUT2D eigenvalue weighted by atomic mass is 32.1. The number of thiol groups is 1. The van der Waals surface area contributed by atoms with Gasteiger partial charge in [0.25, 0.3) is 5.69 Å². The second kappa shape index (κ2) is 3.28. The van der Waals surface area contributed by atoms with Gasteiger partial charge in [-0.25, -0.2) is 0 Å². The zero-order valence-electron chi connectivity index (χ0n) is 7.91. The molecule has 14 heavy (non-hydrogen) atoms. The van der Waals surface area contributed by atoms with E-state index in [2.05, 4.69) is 12.6 Å². The zero-order chi connectivity index (χ0) is 10.3. The second-order valence-electron chi connectivity index (χ2n) is 3.63. The van der Waals surface area contributed by atoms with Crippen LogP contribution in [0, 0.1) is 17.0 Å². The van der Waals surface area contributed by atoms with Crippen LogP contribution in [0.1, 0.15) is 23.1 Å². The van der Waals surface area contributed by atoms with Crippen molar-refractivity contribution >= 4 is 18.3 Å². The van der Waals surface area contributed by atoms with E-state index in [1.807, 2.05) is 6.92 Å². The topological polar surface area (TPSA) is 43.1 Å². The number of benzene rings is 1. The monoisotopic (exact) mass is 209 g/mol. The molecule has 2 rings (SSSR count). The van der Waals surface area contributed by atoms with Crippen LogP contribution < -0.4 is 0 Å². The molecule has 1 aromatic rings. The van der Waals surface area contributed by atoms with Crippen molar-refractivity contribution in [3.05, 3.63) is 32.9 Å². The van der Waals surface area contributed by atoms with E-state index in [1.54, 1.807) is 6.07 Å². The Bertz CT molecular complexity index is 415. The van der Waals surface area contributed by atoms with Crippen molar-refractivity contribution in [2.24, 2.45) is 0 Å². The summed E-state index contributed by atoms with van der Waals surface area (Å²) < 4.78 is 0. The van der Waals surface area contributed by atoms with Crippen LogP contribution in [0.5, 0.6) is 0 Å². The fourth-order valence-corrected chi connectivity index (χ4v) is 2.36. The lowest BCUT2D eigenvalue weighted by atomic mass is 10.0. The van der Waals surface area contributed by atoms with Crippen molar-refractivity contribution in [2.45, 2.75) is 31.1 Å². The number of rotatable bonds is 1. The third kappa shape index (κ3) is 1.30. The van der Waals surface area contributed by atoms with E-state index in [1.165, 1.54) is 0 Å². The number of hydrogen-bond acceptors (Lipinski definition) is 3. The smallest absolute Gasteiger partial charge is 0.258 e. The van der Waals surface area contributed by atoms with Crippen LogP contribution in [0.3, 0.4) is 0 Å². The van der Waals surface area contributed by atoms with E-state index in [9.17, 15) is 10.1 Å². The highest BCUT2D eigenvalue weighted by Crippen LogP contribution is 2.36. The van der Waals surface area contributed by atoms with Gasteiger partial charge < -0.3 is 0 Å². The molecule has 1 aromatic carbocycles. The first-order chi connectivity index (χ1) is 6.61. The summed E-state index contributed by atoms with van der Waals surface area (Å²) in [5.74, 6) is 0. The van der Waals surface area contributed by atoms with Crippen molar-refractivity contribution in [2.75, 3.05) is 0 Å². The van der Waals surface area contributed by atoms with Gasteiger partial charge in [-0.1, -0.05) is 0 Å². The molecule has 3 nitrogen and oxygen atoms in total. The van der Waals surface area contributed by atoms with Crippen LogP contribution in [-0.2, 0) is 12.8 Å². The van der Waals surface area contributed by atoms with Crippen LogP contribution in [0.2, 0.25) is 0 Å². The van der Waals surface area contributed by atoms with Gasteiger partial charge in [-0.2, -0.15) is 0 Å². The molecule has 1 aliphatic carbocycles. The maximum atomic E-state index is 10.8. The predicted molar refractivity (Wildman–Crippen MR) is 57.1 cm³/mol. The minimum absolute atomic E-state index is 0.271. The zero-order valence-corrected chi connectivity index (χ0v) is 8.80. The molecule has 0 N–H and O–H groups in total. The molecular formula is C10H11NO2S. The van der Waals surface area contributed by atoms with E-state index < -0.39 is 0 Å². The normalized spacial score (nSPS) is 14.1. The Labute approximate surface area is 87.7 Å². The van der Waals surface area contributed by atoms with E-state index in [-0.39, 0.29) is 10.6 Å². The molecule has 4 heteroatoms. The van der Waals surface area contributed by atoms with Crippen molar-refractivity contribution < 1.29 is 4.92 Å². The molecule has 0 unspecified atom stereocenters. The van der Waals surface area contributed by atoms with Crippen LogP contribution >= 0.6 is 12.6 Å². The van der Waals surface area contributed by atoms with E-state index in [0.29, 0.717) is 0 Å². The van der Waals surface area contributed by atoms with Gasteiger partial charge in [0.15, 0.2) is 0 Å². The summed E-state index contributed by atoms with van der Waals surface area (Å²) in [6.07, 6.45) is 2.75. The van der Waals surface area contributed by atoms with Crippen molar-refractivity contribution in [3.8, 4) is 0 Å². The van der Waals surface area contributed by atoms with Gasteiger partial charge in [-0.15, -0.1) is 12.6 Å². The fourth-order valence-electron chi connectivity index (χ4n) is 2.05. The number of nitro groups is 1. The van der Waals surface area contributed by atoms with Crippen LogP contribution in [0.25, 0.3) is 0 Å². The predicted octanol–water partition coefficient (Wildman–Crippen LogP) is 2.68. The molecule has 0 saturated heterocycles.